The molecule has 10 heteroatoms. The second-order valence-electron chi connectivity index (χ2n) is 7.57. The van der Waals surface area contributed by atoms with E-state index in [1.165, 1.54) is 42.2 Å². The molecule has 0 bridgehead atoms. The number of carbonyl (C=O) groups is 1. The molecule has 0 saturated carbocycles. The molecule has 2 aromatic carbocycles. The van der Waals surface area contributed by atoms with Crippen LogP contribution in [0.25, 0.3) is 5.70 Å². The molecule has 1 saturated heterocycles. The lowest BCUT2D eigenvalue weighted by molar-refractivity contribution is -0.269. The van der Waals surface area contributed by atoms with Crippen molar-refractivity contribution in [3.63, 3.8) is 0 Å². The van der Waals surface area contributed by atoms with Crippen LogP contribution in [0.1, 0.15) is 23.6 Å². The molecule has 1 N–H and O–H groups in total. The van der Waals surface area contributed by atoms with Gasteiger partial charge in [0.25, 0.3) is 0 Å². The number of amides is 1. The highest BCUT2D eigenvalue weighted by molar-refractivity contribution is 6.34. The Hall–Kier alpha value is -2.29. The molecule has 2 aliphatic heterocycles. The lowest BCUT2D eigenvalue weighted by Gasteiger charge is -2.44. The number of benzene rings is 2. The minimum Gasteiger partial charge on any atom is -0.336 e. The van der Waals surface area contributed by atoms with Gasteiger partial charge in [0.15, 0.2) is 5.67 Å². The number of likely N-dealkylation sites (tertiary alicyclic amines) is 1. The Morgan fingerprint density at radius 1 is 1.06 bits per heavy atom. The molecule has 0 radical (unpaired) electrons. The van der Waals surface area contributed by atoms with Crippen molar-refractivity contribution < 1.29 is 27.2 Å². The molecule has 4 rings (SSSR count). The highest BCUT2D eigenvalue weighted by atomic mass is 35.5. The zero-order valence-corrected chi connectivity index (χ0v) is 17.6. The second kappa shape index (κ2) is 7.39. The molecular weight excluding hydrogens is 459 g/mol. The maximum Gasteiger partial charge on any atom is 0.428 e. The fraction of sp³-hybridized carbons (Fsp3) is 0.286. The van der Waals surface area contributed by atoms with Crippen LogP contribution in [0.5, 0.6) is 0 Å². The van der Waals surface area contributed by atoms with E-state index in [4.69, 9.17) is 28.0 Å². The molecule has 2 heterocycles. The van der Waals surface area contributed by atoms with Crippen molar-refractivity contribution in [2.45, 2.75) is 24.4 Å². The predicted octanol–water partition coefficient (Wildman–Crippen LogP) is 5.35. The summed E-state index contributed by atoms with van der Waals surface area (Å²) in [6.07, 6.45) is -3.92. The third-order valence-corrected chi connectivity index (χ3v) is 5.86. The Kier molecular flexibility index (Phi) is 5.23. The first-order chi connectivity index (χ1) is 14.4. The van der Waals surface area contributed by atoms with Crippen LogP contribution in [0.2, 0.25) is 10.0 Å². The van der Waals surface area contributed by atoms with Crippen molar-refractivity contribution in [2.75, 3.05) is 13.1 Å². The fourth-order valence-corrected chi connectivity index (χ4v) is 4.19. The van der Waals surface area contributed by atoms with Crippen LogP contribution >= 0.6 is 23.2 Å². The summed E-state index contributed by atoms with van der Waals surface area (Å²) in [7, 11) is 0. The average molecular weight is 475 g/mol. The minimum atomic E-state index is -4.82. The first-order valence-electron chi connectivity index (χ1n) is 9.19. The molecule has 164 valence electrons. The third kappa shape index (κ3) is 3.77. The lowest BCUT2D eigenvalue weighted by atomic mass is 9.87. The largest absolute Gasteiger partial charge is 0.428 e. The second-order valence-corrected chi connectivity index (χ2v) is 8.44. The Bertz CT molecular complexity index is 1050. The van der Waals surface area contributed by atoms with Gasteiger partial charge in [-0.25, -0.2) is 4.39 Å². The van der Waals surface area contributed by atoms with Gasteiger partial charge >= 0.3 is 6.18 Å². The molecular formula is C21H16Cl2F4N2O2. The molecule has 2 aliphatic rings. The van der Waals surface area contributed by atoms with E-state index in [1.54, 1.807) is 0 Å². The summed E-state index contributed by atoms with van der Waals surface area (Å²) < 4.78 is 57.1. The van der Waals surface area contributed by atoms with Gasteiger partial charge in [0, 0.05) is 22.5 Å². The number of halogens is 6. The molecule has 1 unspecified atom stereocenters. The van der Waals surface area contributed by atoms with Crippen LogP contribution in [0.4, 0.5) is 17.6 Å². The summed E-state index contributed by atoms with van der Waals surface area (Å²) in [4.78, 5) is 17.7. The zero-order valence-electron chi connectivity index (χ0n) is 16.1. The smallest absolute Gasteiger partial charge is 0.336 e. The number of carbonyl (C=O) groups excluding carboxylic acids is 1. The molecule has 4 nitrogen and oxygen atoms in total. The van der Waals surface area contributed by atoms with Gasteiger partial charge in [-0.3, -0.25) is 15.1 Å². The van der Waals surface area contributed by atoms with E-state index in [0.717, 1.165) is 18.2 Å². The van der Waals surface area contributed by atoms with Gasteiger partial charge in [-0.2, -0.15) is 13.2 Å². The van der Waals surface area contributed by atoms with Crippen molar-refractivity contribution >= 4 is 34.8 Å². The molecule has 1 fully saturated rings. The maximum absolute atomic E-state index is 14.9. The van der Waals surface area contributed by atoms with Crippen LogP contribution in [0.3, 0.4) is 0 Å². The van der Waals surface area contributed by atoms with E-state index >= 15 is 0 Å². The van der Waals surface area contributed by atoms with Crippen molar-refractivity contribution in [2.24, 2.45) is 0 Å². The summed E-state index contributed by atoms with van der Waals surface area (Å²) in [5.74, 6) is -0.216. The van der Waals surface area contributed by atoms with Gasteiger partial charge in [-0.15, -0.1) is 0 Å². The topological polar surface area (TPSA) is 41.6 Å². The first kappa shape index (κ1) is 21.9. The summed E-state index contributed by atoms with van der Waals surface area (Å²) in [6.45, 7) is 1.25. The van der Waals surface area contributed by atoms with Crippen molar-refractivity contribution in [1.29, 1.82) is 0 Å². The van der Waals surface area contributed by atoms with Gasteiger partial charge in [0.05, 0.1) is 18.8 Å². The Morgan fingerprint density at radius 2 is 1.65 bits per heavy atom. The number of nitrogens with one attached hydrogen (secondary N) is 1. The lowest BCUT2D eigenvalue weighted by Crippen LogP contribution is -2.58. The first-order valence-corrected chi connectivity index (χ1v) is 9.95. The monoisotopic (exact) mass is 474 g/mol. The highest BCUT2D eigenvalue weighted by Gasteiger charge is 2.59. The van der Waals surface area contributed by atoms with Crippen LogP contribution in [-0.4, -0.2) is 30.1 Å². The van der Waals surface area contributed by atoms with E-state index < -0.39 is 17.4 Å². The number of hydrogen-bond donors (Lipinski definition) is 1. The standard InChI is InChI=1S/C21H16Cl2F4N2O2/c1-12(30)29-10-19(24,11-29)14-4-2-13(3-5-14)18-9-20(31-28-18,21(25,26)27)15-6-16(22)8-17(23)7-15/h2-9,28H,10-11H2,1H3. The van der Waals surface area contributed by atoms with E-state index in [2.05, 4.69) is 5.48 Å². The fourth-order valence-electron chi connectivity index (χ4n) is 3.67. The number of rotatable bonds is 3. The van der Waals surface area contributed by atoms with Gasteiger partial charge in [-0.05, 0) is 35.4 Å². The number of alkyl halides is 4. The van der Waals surface area contributed by atoms with Crippen molar-refractivity contribution in [3.8, 4) is 0 Å². The van der Waals surface area contributed by atoms with E-state index in [-0.39, 0.29) is 40.3 Å². The summed E-state index contributed by atoms with van der Waals surface area (Å²) >= 11 is 11.8. The Labute approximate surface area is 185 Å². The molecule has 31 heavy (non-hydrogen) atoms. The maximum atomic E-state index is 14.9. The van der Waals surface area contributed by atoms with Crippen LogP contribution in [-0.2, 0) is 20.9 Å². The SMILES string of the molecule is CC(=O)N1CC(F)(c2ccc(C3=CC(c4cc(Cl)cc(Cl)c4)(C(F)(F)F)ON3)cc2)C1. The van der Waals surface area contributed by atoms with Gasteiger partial charge in [-0.1, -0.05) is 47.5 Å². The third-order valence-electron chi connectivity index (χ3n) is 5.42. The minimum absolute atomic E-state index is 0.0364. The Balaban J connectivity index is 1.65. The molecule has 0 aromatic heterocycles. The van der Waals surface area contributed by atoms with Crippen molar-refractivity contribution in [3.05, 3.63) is 75.3 Å². The van der Waals surface area contributed by atoms with E-state index in [1.807, 2.05) is 0 Å². The van der Waals surface area contributed by atoms with Crippen LogP contribution < -0.4 is 5.48 Å². The number of nitrogens with zero attached hydrogens (tertiary/aromatic N) is 1. The normalized spacial score (nSPS) is 22.5. The van der Waals surface area contributed by atoms with Gasteiger partial charge < -0.3 is 4.90 Å². The quantitative estimate of drug-likeness (QED) is 0.609. The predicted molar refractivity (Wildman–Crippen MR) is 108 cm³/mol. The molecule has 0 aliphatic carbocycles. The summed E-state index contributed by atoms with van der Waals surface area (Å²) in [6, 6.07) is 9.55. The number of hydroxylamine groups is 1. The summed E-state index contributed by atoms with van der Waals surface area (Å²) in [5, 5.41) is 0.0727. The van der Waals surface area contributed by atoms with E-state index in [0.29, 0.717) is 11.1 Å². The number of hydrogen-bond acceptors (Lipinski definition) is 3. The molecule has 0 spiro atoms. The zero-order chi connectivity index (χ0) is 22.6. The highest BCUT2D eigenvalue weighted by Crippen LogP contribution is 2.48. The van der Waals surface area contributed by atoms with Gasteiger partial charge in [0.2, 0.25) is 11.5 Å². The molecule has 1 atom stereocenters. The Morgan fingerprint density at radius 3 is 2.16 bits per heavy atom. The summed E-state index contributed by atoms with van der Waals surface area (Å²) in [5.41, 5.74) is -1.65. The molecule has 1 amide bonds. The van der Waals surface area contributed by atoms with Crippen LogP contribution in [0.15, 0.2) is 48.5 Å². The van der Waals surface area contributed by atoms with Gasteiger partial charge in [0.1, 0.15) is 0 Å². The van der Waals surface area contributed by atoms with E-state index in [9.17, 15) is 22.4 Å². The average Bonchev–Trinajstić information content (AvgIpc) is 3.11. The van der Waals surface area contributed by atoms with Crippen LogP contribution in [0, 0.1) is 0 Å². The van der Waals surface area contributed by atoms with Crippen molar-refractivity contribution in [1.82, 2.24) is 10.4 Å². The molecule has 2 aromatic rings.